The van der Waals surface area contributed by atoms with E-state index in [2.05, 4.69) is 0 Å². The smallest absolute Gasteiger partial charge is 0.218 e. The molecule has 0 aliphatic carbocycles. The zero-order valence-corrected chi connectivity index (χ0v) is 15.3. The summed E-state index contributed by atoms with van der Waals surface area (Å²) >= 11 is 0. The average molecular weight is 362 g/mol. The number of halogens is 1. The van der Waals surface area contributed by atoms with Crippen molar-refractivity contribution >= 4 is 15.7 Å². The minimum absolute atomic E-state index is 0.184. The molecule has 0 N–H and O–H groups in total. The third-order valence-electron chi connectivity index (χ3n) is 4.63. The first-order chi connectivity index (χ1) is 11.9. The molecular weight excluding hydrogens is 339 g/mol. The minimum atomic E-state index is -3.59. The molecule has 0 amide bonds. The first-order valence-corrected chi connectivity index (χ1v) is 9.99. The highest BCUT2D eigenvalue weighted by Crippen LogP contribution is 2.36. The van der Waals surface area contributed by atoms with Crippen molar-refractivity contribution in [3.63, 3.8) is 0 Å². The fourth-order valence-electron chi connectivity index (χ4n) is 3.31. The molecular formula is C19H23FN2O2S. The third kappa shape index (κ3) is 3.85. The number of anilines is 1. The van der Waals surface area contributed by atoms with Gasteiger partial charge in [-0.3, -0.25) is 0 Å². The van der Waals surface area contributed by atoms with Crippen LogP contribution in [0, 0.1) is 5.82 Å². The number of hydrogen-bond acceptors (Lipinski definition) is 3. The molecule has 3 rings (SSSR count). The van der Waals surface area contributed by atoms with E-state index in [4.69, 9.17) is 0 Å². The first kappa shape index (κ1) is 17.9. The van der Waals surface area contributed by atoms with Gasteiger partial charge < -0.3 is 4.90 Å². The van der Waals surface area contributed by atoms with Crippen molar-refractivity contribution in [2.24, 2.45) is 0 Å². The zero-order chi connectivity index (χ0) is 18.0. The Morgan fingerprint density at radius 3 is 2.64 bits per heavy atom. The van der Waals surface area contributed by atoms with Crippen molar-refractivity contribution in [2.45, 2.75) is 24.6 Å². The maximum atomic E-state index is 13.9. The van der Waals surface area contributed by atoms with Crippen LogP contribution in [0.2, 0.25) is 0 Å². The van der Waals surface area contributed by atoms with E-state index in [1.165, 1.54) is 16.4 Å². The molecule has 0 radical (unpaired) electrons. The van der Waals surface area contributed by atoms with E-state index in [0.29, 0.717) is 6.54 Å². The van der Waals surface area contributed by atoms with Crippen LogP contribution in [-0.4, -0.2) is 33.4 Å². The van der Waals surface area contributed by atoms with Crippen molar-refractivity contribution in [3.8, 4) is 0 Å². The lowest BCUT2D eigenvalue weighted by Crippen LogP contribution is -2.32. The molecule has 134 valence electrons. The van der Waals surface area contributed by atoms with E-state index >= 15 is 0 Å². The van der Waals surface area contributed by atoms with Crippen LogP contribution >= 0.6 is 0 Å². The number of rotatable bonds is 5. The van der Waals surface area contributed by atoms with Crippen LogP contribution in [0.4, 0.5) is 10.1 Å². The number of sulfonamides is 1. The Morgan fingerprint density at radius 1 is 1.16 bits per heavy atom. The van der Waals surface area contributed by atoms with Gasteiger partial charge >= 0.3 is 0 Å². The quantitative estimate of drug-likeness (QED) is 0.817. The largest absolute Gasteiger partial charge is 0.378 e. The van der Waals surface area contributed by atoms with Crippen molar-refractivity contribution in [1.29, 1.82) is 0 Å². The fraction of sp³-hybridized carbons (Fsp3) is 0.368. The molecule has 1 fully saturated rings. The molecule has 2 aromatic carbocycles. The van der Waals surface area contributed by atoms with Crippen molar-refractivity contribution < 1.29 is 12.8 Å². The van der Waals surface area contributed by atoms with Crippen LogP contribution < -0.4 is 4.90 Å². The Hall–Kier alpha value is -1.92. The lowest BCUT2D eigenvalue weighted by molar-refractivity contribution is 0.395. The molecule has 1 atom stereocenters. The molecule has 0 saturated carbocycles. The summed E-state index contributed by atoms with van der Waals surface area (Å²) in [5, 5.41) is 0. The first-order valence-electron chi connectivity index (χ1n) is 8.39. The fourth-order valence-corrected chi connectivity index (χ4v) is 5.13. The molecule has 1 unspecified atom stereocenters. The van der Waals surface area contributed by atoms with Crippen LogP contribution in [0.25, 0.3) is 0 Å². The third-order valence-corrected chi connectivity index (χ3v) is 6.46. The minimum Gasteiger partial charge on any atom is -0.378 e. The van der Waals surface area contributed by atoms with Gasteiger partial charge in [-0.05, 0) is 36.6 Å². The summed E-state index contributed by atoms with van der Waals surface area (Å²) in [7, 11) is 0.331. The van der Waals surface area contributed by atoms with Gasteiger partial charge in [0.25, 0.3) is 0 Å². The second-order valence-electron chi connectivity index (χ2n) is 6.61. The molecule has 25 heavy (non-hydrogen) atoms. The highest BCUT2D eigenvalue weighted by atomic mass is 32.2. The summed E-state index contributed by atoms with van der Waals surface area (Å²) in [5.74, 6) is -0.778. The van der Waals surface area contributed by atoms with E-state index in [-0.39, 0.29) is 17.4 Å². The monoisotopic (exact) mass is 362 g/mol. The molecule has 6 heteroatoms. The predicted octanol–water partition coefficient (Wildman–Crippen LogP) is 3.56. The van der Waals surface area contributed by atoms with E-state index in [1.54, 1.807) is 12.1 Å². The zero-order valence-electron chi connectivity index (χ0n) is 14.5. The standard InChI is InChI=1S/C19H23FN2O2S/c1-21(2)17-9-5-8-15(13-17)19-11-6-12-22(19)25(23,24)14-16-7-3-4-10-18(16)20/h3-5,7-10,13,19H,6,11-12,14H2,1-2H3. The van der Waals surface area contributed by atoms with Crippen molar-refractivity contribution in [2.75, 3.05) is 25.5 Å². The summed E-state index contributed by atoms with van der Waals surface area (Å²) in [6.45, 7) is 0.480. The van der Waals surface area contributed by atoms with Crippen molar-refractivity contribution in [3.05, 3.63) is 65.5 Å². The highest BCUT2D eigenvalue weighted by molar-refractivity contribution is 7.88. The van der Waals surface area contributed by atoms with E-state index in [1.807, 2.05) is 43.3 Å². The topological polar surface area (TPSA) is 40.6 Å². The van der Waals surface area contributed by atoms with Gasteiger partial charge in [0.1, 0.15) is 5.82 Å². The summed E-state index contributed by atoms with van der Waals surface area (Å²) in [6.07, 6.45) is 1.60. The highest BCUT2D eigenvalue weighted by Gasteiger charge is 2.35. The second-order valence-corrected chi connectivity index (χ2v) is 8.53. The van der Waals surface area contributed by atoms with Crippen LogP contribution in [0.15, 0.2) is 48.5 Å². The Balaban J connectivity index is 1.88. The summed E-state index contributed by atoms with van der Waals surface area (Å²) < 4.78 is 41.2. The Morgan fingerprint density at radius 2 is 1.92 bits per heavy atom. The number of hydrogen-bond donors (Lipinski definition) is 0. The Labute approximate surface area is 148 Å². The molecule has 2 aromatic rings. The molecule has 4 nitrogen and oxygen atoms in total. The van der Waals surface area contributed by atoms with E-state index in [9.17, 15) is 12.8 Å². The maximum Gasteiger partial charge on any atom is 0.218 e. The summed E-state index contributed by atoms with van der Waals surface area (Å²) in [5.41, 5.74) is 2.24. The molecule has 1 aliphatic heterocycles. The molecule has 0 bridgehead atoms. The van der Waals surface area contributed by atoms with E-state index in [0.717, 1.165) is 24.1 Å². The van der Waals surface area contributed by atoms with Gasteiger partial charge in [-0.25, -0.2) is 12.8 Å². The second kappa shape index (κ2) is 7.14. The molecule has 1 aliphatic rings. The molecule has 1 saturated heterocycles. The van der Waals surface area contributed by atoms with Crippen LogP contribution in [0.3, 0.4) is 0 Å². The van der Waals surface area contributed by atoms with Crippen molar-refractivity contribution in [1.82, 2.24) is 4.31 Å². The van der Waals surface area contributed by atoms with E-state index < -0.39 is 15.8 Å². The van der Waals surface area contributed by atoms with Crippen LogP contribution in [0.1, 0.15) is 30.0 Å². The van der Waals surface area contributed by atoms with Gasteiger partial charge in [0.05, 0.1) is 5.75 Å². The van der Waals surface area contributed by atoms with Gasteiger partial charge in [-0.2, -0.15) is 4.31 Å². The van der Waals surface area contributed by atoms with Gasteiger partial charge in [0.2, 0.25) is 10.0 Å². The lowest BCUT2D eigenvalue weighted by Gasteiger charge is -2.25. The van der Waals surface area contributed by atoms with Gasteiger partial charge in [0, 0.05) is 37.9 Å². The maximum absolute atomic E-state index is 13.9. The Bertz CT molecular complexity index is 852. The van der Waals surface area contributed by atoms with Crippen LogP contribution in [0.5, 0.6) is 0 Å². The summed E-state index contributed by atoms with van der Waals surface area (Å²) in [6, 6.07) is 13.8. The number of nitrogens with zero attached hydrogens (tertiary/aromatic N) is 2. The molecule has 1 heterocycles. The molecule has 0 spiro atoms. The number of benzene rings is 2. The van der Waals surface area contributed by atoms with Gasteiger partial charge in [-0.15, -0.1) is 0 Å². The SMILES string of the molecule is CN(C)c1cccc(C2CCCN2S(=O)(=O)Cc2ccccc2F)c1. The lowest BCUT2D eigenvalue weighted by atomic mass is 10.0. The Kier molecular flexibility index (Phi) is 5.11. The molecule has 0 aromatic heterocycles. The normalized spacial score (nSPS) is 18.4. The van der Waals surface area contributed by atoms with Gasteiger partial charge in [-0.1, -0.05) is 30.3 Å². The van der Waals surface area contributed by atoms with Crippen LogP contribution in [-0.2, 0) is 15.8 Å². The predicted molar refractivity (Wildman–Crippen MR) is 98.5 cm³/mol. The summed E-state index contributed by atoms with van der Waals surface area (Å²) in [4.78, 5) is 2.00. The average Bonchev–Trinajstić information content (AvgIpc) is 3.08. The van der Waals surface area contributed by atoms with Gasteiger partial charge in [0.15, 0.2) is 0 Å².